The van der Waals surface area contributed by atoms with Gasteiger partial charge in [-0.2, -0.15) is 0 Å². The van der Waals surface area contributed by atoms with Gasteiger partial charge in [0.25, 0.3) is 0 Å². The number of ether oxygens (including phenoxy) is 1. The van der Waals surface area contributed by atoms with E-state index < -0.39 is 5.41 Å². The summed E-state index contributed by atoms with van der Waals surface area (Å²) in [6, 6.07) is 0. The van der Waals surface area contributed by atoms with Gasteiger partial charge in [0.15, 0.2) is 0 Å². The first-order chi connectivity index (χ1) is 11.8. The molecule has 0 aliphatic heterocycles. The first-order valence-electron chi connectivity index (χ1n) is 9.99. The van der Waals surface area contributed by atoms with Crippen LogP contribution in [0.2, 0.25) is 0 Å². The van der Waals surface area contributed by atoms with Crippen LogP contribution in [0.1, 0.15) is 72.1 Å². The van der Waals surface area contributed by atoms with Crippen LogP contribution in [0.4, 0.5) is 0 Å². The lowest BCUT2D eigenvalue weighted by atomic mass is 9.45. The number of hydrogen-bond acceptors (Lipinski definition) is 4. The number of esters is 1. The number of ketones is 2. The van der Waals surface area contributed by atoms with Gasteiger partial charge in [-0.15, -0.1) is 0 Å². The first-order valence-corrected chi connectivity index (χ1v) is 9.99. The van der Waals surface area contributed by atoms with Crippen molar-refractivity contribution in [2.24, 2.45) is 34.5 Å². The fraction of sp³-hybridized carbons (Fsp3) is 0.857. The quantitative estimate of drug-likeness (QED) is 0.679. The highest BCUT2D eigenvalue weighted by Gasteiger charge is 2.63. The highest BCUT2D eigenvalue weighted by Crippen LogP contribution is 2.64. The Labute approximate surface area is 150 Å². The Balaban J connectivity index is 1.60. The summed E-state index contributed by atoms with van der Waals surface area (Å²) in [6.07, 6.45) is 6.97. The van der Waals surface area contributed by atoms with Crippen molar-refractivity contribution in [1.29, 1.82) is 0 Å². The van der Waals surface area contributed by atoms with Gasteiger partial charge in [-0.05, 0) is 61.7 Å². The van der Waals surface area contributed by atoms with E-state index in [1.54, 1.807) is 0 Å². The van der Waals surface area contributed by atoms with E-state index in [-0.39, 0.29) is 23.4 Å². The molecule has 25 heavy (non-hydrogen) atoms. The molecule has 0 aromatic carbocycles. The van der Waals surface area contributed by atoms with Crippen molar-refractivity contribution in [3.05, 3.63) is 0 Å². The third-order valence-corrected chi connectivity index (χ3v) is 8.35. The lowest BCUT2D eigenvalue weighted by molar-refractivity contribution is -0.168. The van der Waals surface area contributed by atoms with Crippen molar-refractivity contribution in [2.75, 3.05) is 0 Å². The summed E-state index contributed by atoms with van der Waals surface area (Å²) in [5.41, 5.74) is -0.375. The van der Waals surface area contributed by atoms with Crippen LogP contribution < -0.4 is 0 Å². The van der Waals surface area contributed by atoms with E-state index in [4.69, 9.17) is 4.74 Å². The monoisotopic (exact) mass is 346 g/mol. The molecule has 0 N–H and O–H groups in total. The number of carbonyl (C=O) groups is 3. The fourth-order valence-corrected chi connectivity index (χ4v) is 7.15. The molecule has 4 aliphatic carbocycles. The molecule has 4 saturated carbocycles. The van der Waals surface area contributed by atoms with Gasteiger partial charge < -0.3 is 4.74 Å². The summed E-state index contributed by atoms with van der Waals surface area (Å²) in [5, 5.41) is 0. The smallest absolute Gasteiger partial charge is 0.302 e. The minimum Gasteiger partial charge on any atom is -0.463 e. The van der Waals surface area contributed by atoms with Crippen molar-refractivity contribution in [2.45, 2.75) is 78.2 Å². The van der Waals surface area contributed by atoms with Crippen LogP contribution >= 0.6 is 0 Å². The molecule has 4 nitrogen and oxygen atoms in total. The van der Waals surface area contributed by atoms with Crippen LogP contribution in [0.25, 0.3) is 0 Å². The molecule has 0 bridgehead atoms. The van der Waals surface area contributed by atoms with E-state index in [9.17, 15) is 14.4 Å². The molecule has 138 valence electrons. The normalized spacial score (nSPS) is 49.2. The maximum absolute atomic E-state index is 13.2. The molecule has 0 saturated heterocycles. The standard InChI is InChI=1S/C21H30O4/c1-12(22)25-14-8-9-20(2)13(10-14)4-5-15-16-6-7-18(24)21(16,3)11-17(23)19(15)20/h13-16,19H,4-11H2,1-3H3/t13-,14-,15+,16+,19-,20+,21+/m1/s1. The largest absolute Gasteiger partial charge is 0.463 e. The second kappa shape index (κ2) is 5.65. The van der Waals surface area contributed by atoms with Gasteiger partial charge >= 0.3 is 5.97 Å². The summed E-state index contributed by atoms with van der Waals surface area (Å²) in [4.78, 5) is 37.0. The van der Waals surface area contributed by atoms with Gasteiger partial charge in [0.05, 0.1) is 0 Å². The molecule has 4 heteroatoms. The lowest BCUT2D eigenvalue weighted by Crippen LogP contribution is -2.57. The van der Waals surface area contributed by atoms with Crippen LogP contribution in [-0.4, -0.2) is 23.6 Å². The minimum atomic E-state index is -0.392. The zero-order chi connectivity index (χ0) is 18.0. The lowest BCUT2D eigenvalue weighted by Gasteiger charge is -2.59. The molecule has 4 rings (SSSR count). The molecule has 0 heterocycles. The van der Waals surface area contributed by atoms with E-state index in [0.29, 0.717) is 42.2 Å². The molecule has 7 atom stereocenters. The van der Waals surface area contributed by atoms with E-state index in [1.165, 1.54) is 6.92 Å². The van der Waals surface area contributed by atoms with Gasteiger partial charge in [-0.25, -0.2) is 0 Å². The predicted molar refractivity (Wildman–Crippen MR) is 92.7 cm³/mol. The van der Waals surface area contributed by atoms with Crippen molar-refractivity contribution < 1.29 is 19.1 Å². The third-order valence-electron chi connectivity index (χ3n) is 8.35. The second-order valence-electron chi connectivity index (χ2n) is 9.56. The summed E-state index contributed by atoms with van der Waals surface area (Å²) >= 11 is 0. The minimum absolute atomic E-state index is 0.0175. The maximum atomic E-state index is 13.2. The summed E-state index contributed by atoms with van der Waals surface area (Å²) in [5.74, 6) is 1.78. The van der Waals surface area contributed by atoms with Crippen LogP contribution in [0.5, 0.6) is 0 Å². The fourth-order valence-electron chi connectivity index (χ4n) is 7.15. The number of carbonyl (C=O) groups excluding carboxylic acids is 3. The van der Waals surface area contributed by atoms with Gasteiger partial charge in [-0.1, -0.05) is 13.8 Å². The van der Waals surface area contributed by atoms with Crippen LogP contribution in [0, 0.1) is 34.5 Å². The number of hydrogen-bond donors (Lipinski definition) is 0. The SMILES string of the molecule is CC(=O)O[C@@H]1CC[C@@]2(C)[C@H](CC[C@@H]3[C@@H]2C(=O)C[C@]2(C)C(=O)CC[C@@H]32)C1. The van der Waals surface area contributed by atoms with E-state index in [0.717, 1.165) is 38.5 Å². The molecule has 0 radical (unpaired) electrons. The molecule has 4 fully saturated rings. The molecule has 0 unspecified atom stereocenters. The number of fused-ring (bicyclic) bond motifs is 5. The molecule has 0 aromatic rings. The molecule has 0 spiro atoms. The summed E-state index contributed by atoms with van der Waals surface area (Å²) in [7, 11) is 0. The Bertz CT molecular complexity index is 625. The zero-order valence-electron chi connectivity index (χ0n) is 15.7. The van der Waals surface area contributed by atoms with Crippen molar-refractivity contribution in [1.82, 2.24) is 0 Å². The highest BCUT2D eigenvalue weighted by molar-refractivity contribution is 5.95. The molecular weight excluding hydrogens is 316 g/mol. The van der Waals surface area contributed by atoms with E-state index in [2.05, 4.69) is 6.92 Å². The maximum Gasteiger partial charge on any atom is 0.302 e. The van der Waals surface area contributed by atoms with Gasteiger partial charge in [0.2, 0.25) is 0 Å². The van der Waals surface area contributed by atoms with Gasteiger partial charge in [0, 0.05) is 31.1 Å². The third kappa shape index (κ3) is 2.43. The Morgan fingerprint density at radius 1 is 1.12 bits per heavy atom. The average Bonchev–Trinajstić information content (AvgIpc) is 2.82. The highest BCUT2D eigenvalue weighted by atomic mass is 16.5. The van der Waals surface area contributed by atoms with Crippen molar-refractivity contribution >= 4 is 17.5 Å². The number of rotatable bonds is 1. The predicted octanol–water partition coefficient (Wildman–Crippen LogP) is 3.71. The molecular formula is C21H30O4. The van der Waals surface area contributed by atoms with E-state index in [1.807, 2.05) is 6.92 Å². The van der Waals surface area contributed by atoms with Crippen LogP contribution in [-0.2, 0) is 19.1 Å². The average molecular weight is 346 g/mol. The number of Topliss-reactive ketones (excluding diaryl/α,β-unsaturated/α-hetero) is 2. The Hall–Kier alpha value is -1.19. The molecule has 4 aliphatic rings. The Morgan fingerprint density at radius 2 is 1.88 bits per heavy atom. The topological polar surface area (TPSA) is 60.4 Å². The molecule has 0 amide bonds. The van der Waals surface area contributed by atoms with E-state index >= 15 is 0 Å². The zero-order valence-corrected chi connectivity index (χ0v) is 15.7. The van der Waals surface area contributed by atoms with Gasteiger partial charge in [-0.3, -0.25) is 14.4 Å². The Morgan fingerprint density at radius 3 is 2.60 bits per heavy atom. The molecule has 0 aromatic heterocycles. The first kappa shape index (κ1) is 17.2. The summed E-state index contributed by atoms with van der Waals surface area (Å²) in [6.45, 7) is 5.83. The van der Waals surface area contributed by atoms with Gasteiger partial charge in [0.1, 0.15) is 17.7 Å². The second-order valence-corrected chi connectivity index (χ2v) is 9.56. The van der Waals surface area contributed by atoms with Crippen LogP contribution in [0.3, 0.4) is 0 Å². The summed E-state index contributed by atoms with van der Waals surface area (Å²) < 4.78 is 5.48. The van der Waals surface area contributed by atoms with Crippen LogP contribution in [0.15, 0.2) is 0 Å². The Kier molecular flexibility index (Phi) is 3.90. The van der Waals surface area contributed by atoms with Crippen molar-refractivity contribution in [3.63, 3.8) is 0 Å². The van der Waals surface area contributed by atoms with Crippen molar-refractivity contribution in [3.8, 4) is 0 Å².